The van der Waals surface area contributed by atoms with E-state index in [0.717, 1.165) is 16.3 Å². The van der Waals surface area contributed by atoms with Crippen LogP contribution in [-0.4, -0.2) is 4.98 Å². The first-order chi connectivity index (χ1) is 9.34. The second-order valence-electron chi connectivity index (χ2n) is 4.70. The third-order valence-electron chi connectivity index (χ3n) is 3.62. The van der Waals surface area contributed by atoms with Gasteiger partial charge in [-0.2, -0.15) is 0 Å². The van der Waals surface area contributed by atoms with E-state index in [1.54, 1.807) is 6.07 Å². The van der Waals surface area contributed by atoms with Crippen molar-refractivity contribution in [3.8, 4) is 0 Å². The molecule has 3 aromatic carbocycles. The minimum absolute atomic E-state index is 0.0621. The van der Waals surface area contributed by atoms with Crippen LogP contribution in [0.15, 0.2) is 65.5 Å². The van der Waals surface area contributed by atoms with E-state index in [1.165, 1.54) is 16.2 Å². The van der Waals surface area contributed by atoms with Crippen molar-refractivity contribution in [2.24, 2.45) is 0 Å². The molecule has 0 bridgehead atoms. The van der Waals surface area contributed by atoms with Crippen LogP contribution in [0.25, 0.3) is 32.4 Å². The molecule has 2 nitrogen and oxygen atoms in total. The number of benzene rings is 3. The lowest BCUT2D eigenvalue weighted by Crippen LogP contribution is -2.02. The van der Waals surface area contributed by atoms with Crippen LogP contribution in [0.4, 0.5) is 0 Å². The molecule has 2 heteroatoms. The highest BCUT2D eigenvalue weighted by Crippen LogP contribution is 2.32. The number of rotatable bonds is 0. The molecular weight excluding hydrogens is 234 g/mol. The van der Waals surface area contributed by atoms with Crippen LogP contribution in [0, 0.1) is 0 Å². The number of fused-ring (bicyclic) bond motifs is 6. The predicted molar refractivity (Wildman–Crippen MR) is 79.6 cm³/mol. The van der Waals surface area contributed by atoms with Gasteiger partial charge in [-0.05, 0) is 22.2 Å². The third-order valence-corrected chi connectivity index (χ3v) is 3.62. The van der Waals surface area contributed by atoms with E-state index in [2.05, 4.69) is 29.2 Å². The fourth-order valence-electron chi connectivity index (χ4n) is 2.80. The van der Waals surface area contributed by atoms with E-state index < -0.39 is 0 Å². The van der Waals surface area contributed by atoms with Gasteiger partial charge in [-0.15, -0.1) is 0 Å². The van der Waals surface area contributed by atoms with Crippen molar-refractivity contribution in [3.63, 3.8) is 0 Å². The smallest absolute Gasteiger partial charge is 0.248 e. The molecule has 0 aliphatic heterocycles. The van der Waals surface area contributed by atoms with Gasteiger partial charge >= 0.3 is 0 Å². The van der Waals surface area contributed by atoms with Crippen molar-refractivity contribution in [2.45, 2.75) is 0 Å². The molecule has 0 aliphatic rings. The normalized spacial score (nSPS) is 11.4. The summed E-state index contributed by atoms with van der Waals surface area (Å²) in [7, 11) is 0. The van der Waals surface area contributed by atoms with Gasteiger partial charge in [-0.25, -0.2) is 0 Å². The number of hydrogen-bond donors (Lipinski definition) is 1. The average Bonchev–Trinajstić information content (AvgIpc) is 2.47. The number of H-pyrrole nitrogens is 1. The van der Waals surface area contributed by atoms with Crippen LogP contribution >= 0.6 is 0 Å². The van der Waals surface area contributed by atoms with E-state index in [4.69, 9.17) is 0 Å². The first kappa shape index (κ1) is 10.3. The quantitative estimate of drug-likeness (QED) is 0.469. The van der Waals surface area contributed by atoms with Gasteiger partial charge in [0.2, 0.25) is 5.56 Å². The van der Waals surface area contributed by atoms with Gasteiger partial charge in [0.25, 0.3) is 0 Å². The standard InChI is InChI=1S/C17H11NO/c19-16-10-9-15-13-7-2-1-5-11(13)12-6-3-4-8-14(12)17(15)18-16/h1-10H,(H,18,19). The zero-order valence-corrected chi connectivity index (χ0v) is 10.2. The lowest BCUT2D eigenvalue weighted by molar-refractivity contribution is 1.32. The maximum Gasteiger partial charge on any atom is 0.248 e. The first-order valence-corrected chi connectivity index (χ1v) is 6.27. The Morgan fingerprint density at radius 1 is 0.579 bits per heavy atom. The molecule has 0 saturated heterocycles. The number of aromatic amines is 1. The van der Waals surface area contributed by atoms with Gasteiger partial charge in [0, 0.05) is 16.8 Å². The molecule has 4 rings (SSSR count). The summed E-state index contributed by atoms with van der Waals surface area (Å²) in [6.07, 6.45) is 0. The molecule has 0 unspecified atom stereocenters. The van der Waals surface area contributed by atoms with E-state index >= 15 is 0 Å². The third kappa shape index (κ3) is 1.40. The maximum atomic E-state index is 11.6. The fourth-order valence-corrected chi connectivity index (χ4v) is 2.80. The molecule has 0 spiro atoms. The molecular formula is C17H11NO. The Bertz CT molecular complexity index is 947. The average molecular weight is 245 g/mol. The number of nitrogens with one attached hydrogen (secondary N) is 1. The van der Waals surface area contributed by atoms with Gasteiger partial charge in [0.05, 0.1) is 5.52 Å². The molecule has 0 fully saturated rings. The Kier molecular flexibility index (Phi) is 2.00. The van der Waals surface area contributed by atoms with Crippen LogP contribution in [0.5, 0.6) is 0 Å². The minimum Gasteiger partial charge on any atom is -0.321 e. The van der Waals surface area contributed by atoms with E-state index in [9.17, 15) is 4.79 Å². The predicted octanol–water partition coefficient (Wildman–Crippen LogP) is 3.83. The highest BCUT2D eigenvalue weighted by Gasteiger charge is 2.07. The molecule has 19 heavy (non-hydrogen) atoms. The van der Waals surface area contributed by atoms with Crippen molar-refractivity contribution in [3.05, 3.63) is 71.0 Å². The molecule has 0 radical (unpaired) electrons. The van der Waals surface area contributed by atoms with Crippen molar-refractivity contribution >= 4 is 32.4 Å². The molecule has 4 aromatic rings. The largest absolute Gasteiger partial charge is 0.321 e. The summed E-state index contributed by atoms with van der Waals surface area (Å²) in [5.41, 5.74) is 0.856. The summed E-state index contributed by atoms with van der Waals surface area (Å²) < 4.78 is 0. The van der Waals surface area contributed by atoms with E-state index in [1.807, 2.05) is 30.3 Å². The minimum atomic E-state index is -0.0621. The number of pyridine rings is 1. The van der Waals surface area contributed by atoms with Gasteiger partial charge in [-0.3, -0.25) is 4.79 Å². The summed E-state index contributed by atoms with van der Waals surface area (Å²) >= 11 is 0. The molecule has 0 aliphatic carbocycles. The lowest BCUT2D eigenvalue weighted by atomic mass is 9.97. The van der Waals surface area contributed by atoms with E-state index in [-0.39, 0.29) is 5.56 Å². The number of hydrogen-bond acceptors (Lipinski definition) is 1. The fraction of sp³-hybridized carbons (Fsp3) is 0. The van der Waals surface area contributed by atoms with E-state index in [0.29, 0.717) is 0 Å². The maximum absolute atomic E-state index is 11.6. The first-order valence-electron chi connectivity index (χ1n) is 6.27. The van der Waals surface area contributed by atoms with Gasteiger partial charge in [-0.1, -0.05) is 48.5 Å². The van der Waals surface area contributed by atoms with Crippen molar-refractivity contribution in [2.75, 3.05) is 0 Å². The lowest BCUT2D eigenvalue weighted by Gasteiger charge is -2.09. The zero-order valence-electron chi connectivity index (χ0n) is 10.2. The van der Waals surface area contributed by atoms with Crippen LogP contribution in [-0.2, 0) is 0 Å². The summed E-state index contributed by atoms with van der Waals surface area (Å²) in [4.78, 5) is 14.6. The molecule has 1 N–H and O–H groups in total. The Morgan fingerprint density at radius 2 is 1.05 bits per heavy atom. The Labute approximate surface area is 109 Å². The highest BCUT2D eigenvalue weighted by molar-refractivity contribution is 6.23. The molecule has 90 valence electrons. The molecule has 0 amide bonds. The summed E-state index contributed by atoms with van der Waals surface area (Å²) in [5, 5.41) is 5.75. The molecule has 0 atom stereocenters. The summed E-state index contributed by atoms with van der Waals surface area (Å²) in [5.74, 6) is 0. The molecule has 0 saturated carbocycles. The zero-order chi connectivity index (χ0) is 12.8. The summed E-state index contributed by atoms with van der Waals surface area (Å²) in [6, 6.07) is 20.0. The molecule has 1 heterocycles. The summed E-state index contributed by atoms with van der Waals surface area (Å²) in [6.45, 7) is 0. The highest BCUT2D eigenvalue weighted by atomic mass is 16.1. The Morgan fingerprint density at radius 3 is 1.68 bits per heavy atom. The second-order valence-corrected chi connectivity index (χ2v) is 4.70. The van der Waals surface area contributed by atoms with Crippen LogP contribution in [0.2, 0.25) is 0 Å². The van der Waals surface area contributed by atoms with Gasteiger partial charge in [0.1, 0.15) is 0 Å². The van der Waals surface area contributed by atoms with Crippen molar-refractivity contribution in [1.29, 1.82) is 0 Å². The van der Waals surface area contributed by atoms with Crippen LogP contribution in [0.3, 0.4) is 0 Å². The Balaban J connectivity index is 2.47. The number of aromatic nitrogens is 1. The monoisotopic (exact) mass is 245 g/mol. The van der Waals surface area contributed by atoms with Crippen LogP contribution in [0.1, 0.15) is 0 Å². The van der Waals surface area contributed by atoms with Crippen molar-refractivity contribution < 1.29 is 0 Å². The van der Waals surface area contributed by atoms with Crippen molar-refractivity contribution in [1.82, 2.24) is 4.98 Å². The van der Waals surface area contributed by atoms with Gasteiger partial charge in [0.15, 0.2) is 0 Å². The topological polar surface area (TPSA) is 32.9 Å². The van der Waals surface area contributed by atoms with Crippen LogP contribution < -0.4 is 5.56 Å². The molecule has 1 aromatic heterocycles. The van der Waals surface area contributed by atoms with Gasteiger partial charge < -0.3 is 4.98 Å². The Hall–Kier alpha value is -2.61. The second kappa shape index (κ2) is 3.69. The SMILES string of the molecule is O=c1ccc2c3ccccc3c3ccccc3c2[nH]1.